The van der Waals surface area contributed by atoms with Crippen molar-refractivity contribution in [3.05, 3.63) is 20.8 Å². The van der Waals surface area contributed by atoms with Crippen LogP contribution in [0.1, 0.15) is 24.6 Å². The number of piperidine rings is 1. The summed E-state index contributed by atoms with van der Waals surface area (Å²) >= 11 is 5.32. The van der Waals surface area contributed by atoms with E-state index in [2.05, 4.69) is 52.3 Å². The Morgan fingerprint density at radius 2 is 2.38 bits per heavy atom. The van der Waals surface area contributed by atoms with Crippen LogP contribution in [-0.4, -0.2) is 30.6 Å². The van der Waals surface area contributed by atoms with Crippen molar-refractivity contribution in [2.45, 2.75) is 38.4 Å². The molecule has 1 aromatic heterocycles. The molecule has 0 aromatic carbocycles. The molecule has 0 bridgehead atoms. The molecular weight excluding hydrogens is 284 g/mol. The molecule has 16 heavy (non-hydrogen) atoms. The zero-order valence-electron chi connectivity index (χ0n) is 9.87. The van der Waals surface area contributed by atoms with Crippen LogP contribution in [0.15, 0.2) is 15.9 Å². The zero-order chi connectivity index (χ0) is 11.5. The van der Waals surface area contributed by atoms with Gasteiger partial charge in [0.1, 0.15) is 0 Å². The molecule has 1 aliphatic rings. The van der Waals surface area contributed by atoms with Gasteiger partial charge in [-0.25, -0.2) is 0 Å². The molecule has 1 N–H and O–H groups in total. The van der Waals surface area contributed by atoms with Crippen LogP contribution < -0.4 is 5.32 Å². The maximum Gasteiger partial charge on any atom is 0.0701 e. The van der Waals surface area contributed by atoms with Crippen LogP contribution in [0.4, 0.5) is 0 Å². The second-order valence-electron chi connectivity index (χ2n) is 4.64. The fraction of sp³-hybridized carbons (Fsp3) is 0.667. The first kappa shape index (κ1) is 12.6. The number of nitrogens with one attached hydrogen (secondary N) is 1. The van der Waals surface area contributed by atoms with E-state index in [1.54, 1.807) is 0 Å². The number of halogens is 1. The van der Waals surface area contributed by atoms with Crippen molar-refractivity contribution < 1.29 is 0 Å². The smallest absolute Gasteiger partial charge is 0.0701 e. The monoisotopic (exact) mass is 302 g/mol. The van der Waals surface area contributed by atoms with Gasteiger partial charge in [-0.15, -0.1) is 11.3 Å². The van der Waals surface area contributed by atoms with Crippen molar-refractivity contribution >= 4 is 27.3 Å². The Morgan fingerprint density at radius 3 is 3.00 bits per heavy atom. The molecule has 2 atom stereocenters. The number of nitrogens with zero attached hydrogens (tertiary/aromatic N) is 1. The molecule has 0 radical (unpaired) electrons. The van der Waals surface area contributed by atoms with E-state index in [0.29, 0.717) is 12.1 Å². The first-order valence-corrected chi connectivity index (χ1v) is 7.44. The van der Waals surface area contributed by atoms with E-state index in [4.69, 9.17) is 0 Å². The Morgan fingerprint density at radius 1 is 1.56 bits per heavy atom. The van der Waals surface area contributed by atoms with Crippen LogP contribution in [0, 0.1) is 0 Å². The van der Waals surface area contributed by atoms with E-state index < -0.39 is 0 Å². The van der Waals surface area contributed by atoms with Gasteiger partial charge >= 0.3 is 0 Å². The average molecular weight is 303 g/mol. The summed E-state index contributed by atoms with van der Waals surface area (Å²) in [5, 5.41) is 3.67. The summed E-state index contributed by atoms with van der Waals surface area (Å²) in [5.41, 5.74) is 0. The summed E-state index contributed by atoms with van der Waals surface area (Å²) in [6, 6.07) is 5.72. The first-order valence-electron chi connectivity index (χ1n) is 5.83. The van der Waals surface area contributed by atoms with Gasteiger partial charge in [-0.1, -0.05) is 0 Å². The average Bonchev–Trinajstić information content (AvgIpc) is 2.66. The summed E-state index contributed by atoms with van der Waals surface area (Å²) in [5.74, 6) is 0. The number of hydrogen-bond donors (Lipinski definition) is 1. The van der Waals surface area contributed by atoms with Gasteiger partial charge in [0.25, 0.3) is 0 Å². The maximum atomic E-state index is 3.67. The van der Waals surface area contributed by atoms with E-state index in [-0.39, 0.29) is 0 Å². The van der Waals surface area contributed by atoms with Crippen molar-refractivity contribution in [1.29, 1.82) is 0 Å². The SMILES string of the molecule is CC1CC(NCc2ccc(Br)s2)CCN1C. The third-order valence-corrected chi connectivity index (χ3v) is 5.03. The van der Waals surface area contributed by atoms with Crippen molar-refractivity contribution in [2.24, 2.45) is 0 Å². The van der Waals surface area contributed by atoms with Gasteiger partial charge in [-0.2, -0.15) is 0 Å². The van der Waals surface area contributed by atoms with E-state index in [1.807, 2.05) is 11.3 Å². The third kappa shape index (κ3) is 3.29. The van der Waals surface area contributed by atoms with Gasteiger partial charge < -0.3 is 10.2 Å². The van der Waals surface area contributed by atoms with Gasteiger partial charge in [-0.3, -0.25) is 0 Å². The molecule has 2 heterocycles. The molecule has 0 saturated carbocycles. The predicted octanol–water partition coefficient (Wildman–Crippen LogP) is 3.08. The summed E-state index contributed by atoms with van der Waals surface area (Å²) < 4.78 is 1.22. The number of hydrogen-bond acceptors (Lipinski definition) is 3. The molecule has 1 aliphatic heterocycles. The molecular formula is C12H19BrN2S. The first-order chi connectivity index (χ1) is 7.65. The topological polar surface area (TPSA) is 15.3 Å². The minimum Gasteiger partial charge on any atom is -0.309 e. The van der Waals surface area contributed by atoms with E-state index in [1.165, 1.54) is 28.0 Å². The van der Waals surface area contributed by atoms with Gasteiger partial charge in [0.15, 0.2) is 0 Å². The highest BCUT2D eigenvalue weighted by Crippen LogP contribution is 2.22. The van der Waals surface area contributed by atoms with Gasteiger partial charge in [0, 0.05) is 23.5 Å². The van der Waals surface area contributed by atoms with Crippen molar-refractivity contribution in [1.82, 2.24) is 10.2 Å². The Hall–Kier alpha value is 0.1000. The summed E-state index contributed by atoms with van der Waals surface area (Å²) in [6.45, 7) is 4.54. The van der Waals surface area contributed by atoms with Crippen molar-refractivity contribution in [3.8, 4) is 0 Å². The minimum atomic E-state index is 0.687. The molecule has 2 unspecified atom stereocenters. The van der Waals surface area contributed by atoms with Crippen LogP contribution >= 0.6 is 27.3 Å². The second kappa shape index (κ2) is 5.63. The maximum absolute atomic E-state index is 3.67. The standard InChI is InChI=1S/C12H19BrN2S/c1-9-7-10(5-6-15(9)2)14-8-11-3-4-12(13)16-11/h3-4,9-10,14H,5-8H2,1-2H3. The fourth-order valence-electron chi connectivity index (χ4n) is 2.17. The van der Waals surface area contributed by atoms with Gasteiger partial charge in [0.2, 0.25) is 0 Å². The molecule has 1 fully saturated rings. The quantitative estimate of drug-likeness (QED) is 0.923. The highest BCUT2D eigenvalue weighted by Gasteiger charge is 2.22. The molecule has 1 saturated heterocycles. The second-order valence-corrected chi connectivity index (χ2v) is 7.19. The molecule has 90 valence electrons. The van der Waals surface area contributed by atoms with E-state index in [9.17, 15) is 0 Å². The van der Waals surface area contributed by atoms with E-state index >= 15 is 0 Å². The lowest BCUT2D eigenvalue weighted by molar-refractivity contribution is 0.168. The highest BCUT2D eigenvalue weighted by molar-refractivity contribution is 9.11. The van der Waals surface area contributed by atoms with Crippen LogP contribution in [0.3, 0.4) is 0 Å². The summed E-state index contributed by atoms with van der Waals surface area (Å²) in [6.07, 6.45) is 2.54. The lowest BCUT2D eigenvalue weighted by atomic mass is 9.99. The zero-order valence-corrected chi connectivity index (χ0v) is 12.3. The van der Waals surface area contributed by atoms with Crippen molar-refractivity contribution in [3.63, 3.8) is 0 Å². The van der Waals surface area contributed by atoms with E-state index in [0.717, 1.165) is 6.54 Å². The molecule has 2 nitrogen and oxygen atoms in total. The Labute approximate surface area is 110 Å². The number of thiophene rings is 1. The Kier molecular flexibility index (Phi) is 4.41. The highest BCUT2D eigenvalue weighted by atomic mass is 79.9. The van der Waals surface area contributed by atoms with Gasteiger partial charge in [-0.05, 0) is 61.4 Å². The van der Waals surface area contributed by atoms with Gasteiger partial charge in [0.05, 0.1) is 3.79 Å². The normalized spacial score (nSPS) is 27.2. The lowest BCUT2D eigenvalue weighted by Crippen LogP contribution is -2.45. The predicted molar refractivity (Wildman–Crippen MR) is 74.0 cm³/mol. The van der Waals surface area contributed by atoms with Crippen LogP contribution in [0.2, 0.25) is 0 Å². The van der Waals surface area contributed by atoms with Crippen LogP contribution in [0.25, 0.3) is 0 Å². The Bertz CT molecular complexity index is 340. The molecule has 4 heteroatoms. The molecule has 0 spiro atoms. The summed E-state index contributed by atoms with van der Waals surface area (Å²) in [4.78, 5) is 3.86. The van der Waals surface area contributed by atoms with Crippen LogP contribution in [-0.2, 0) is 6.54 Å². The largest absolute Gasteiger partial charge is 0.309 e. The Balaban J connectivity index is 1.78. The lowest BCUT2D eigenvalue weighted by Gasteiger charge is -2.35. The minimum absolute atomic E-state index is 0.687. The number of rotatable bonds is 3. The molecule has 1 aromatic rings. The molecule has 0 amide bonds. The fourth-order valence-corrected chi connectivity index (χ4v) is 3.60. The number of likely N-dealkylation sites (tertiary alicyclic amines) is 1. The summed E-state index contributed by atoms with van der Waals surface area (Å²) in [7, 11) is 2.22. The van der Waals surface area contributed by atoms with Crippen molar-refractivity contribution in [2.75, 3.05) is 13.6 Å². The molecule has 2 rings (SSSR count). The van der Waals surface area contributed by atoms with Crippen LogP contribution in [0.5, 0.6) is 0 Å². The third-order valence-electron chi connectivity index (χ3n) is 3.40. The molecule has 0 aliphatic carbocycles.